The van der Waals surface area contributed by atoms with E-state index < -0.39 is 23.3 Å². The molecule has 12 heteroatoms. The van der Waals surface area contributed by atoms with Crippen molar-refractivity contribution in [2.45, 2.75) is 25.7 Å². The molecule has 2 aromatic carbocycles. The van der Waals surface area contributed by atoms with Crippen LogP contribution in [0.5, 0.6) is 0 Å². The second kappa shape index (κ2) is 9.46. The van der Waals surface area contributed by atoms with Crippen LogP contribution < -0.4 is 5.56 Å². The number of alkyl halides is 3. The van der Waals surface area contributed by atoms with Crippen molar-refractivity contribution >= 4 is 38.6 Å². The Kier molecular flexibility index (Phi) is 6.18. The van der Waals surface area contributed by atoms with E-state index in [4.69, 9.17) is 4.74 Å². The van der Waals surface area contributed by atoms with Gasteiger partial charge in [-0.2, -0.15) is 18.3 Å². The zero-order valence-corrected chi connectivity index (χ0v) is 19.2. The van der Waals surface area contributed by atoms with E-state index in [1.807, 2.05) is 30.3 Å². The van der Waals surface area contributed by atoms with Gasteiger partial charge in [-0.15, -0.1) is 11.3 Å². The average Bonchev–Trinajstić information content (AvgIpc) is 3.27. The maximum Gasteiger partial charge on any atom is 0.416 e. The van der Waals surface area contributed by atoms with Crippen molar-refractivity contribution in [3.05, 3.63) is 93.1 Å². The Morgan fingerprint density at radius 2 is 1.78 bits per heavy atom. The quantitative estimate of drug-likeness (QED) is 0.316. The molecule has 0 aliphatic heterocycles. The Morgan fingerprint density at radius 3 is 2.53 bits per heavy atom. The van der Waals surface area contributed by atoms with E-state index in [1.54, 1.807) is 0 Å². The molecule has 3 heterocycles. The topological polar surface area (TPSA) is 99.9 Å². The molecule has 0 saturated carbocycles. The molecule has 0 saturated heterocycles. The Balaban J connectivity index is 1.44. The van der Waals surface area contributed by atoms with Crippen LogP contribution in [0.4, 0.5) is 13.2 Å². The number of aromatic nitrogens is 5. The van der Waals surface area contributed by atoms with Crippen LogP contribution >= 0.6 is 11.3 Å². The fraction of sp³-hybridized carbons (Fsp3) is 0.167. The molecule has 3 aromatic heterocycles. The molecule has 0 unspecified atom stereocenters. The fourth-order valence-electron chi connectivity index (χ4n) is 3.57. The van der Waals surface area contributed by atoms with Crippen molar-refractivity contribution in [1.29, 1.82) is 0 Å². The Bertz CT molecular complexity index is 1630. The number of hydrogen-bond donors (Lipinski definition) is 0. The smallest absolute Gasteiger partial charge is 0.416 e. The van der Waals surface area contributed by atoms with E-state index >= 15 is 0 Å². The number of halogens is 3. The first kappa shape index (κ1) is 23.5. The number of hydrogen-bond acceptors (Lipinski definition) is 8. The molecule has 0 radical (unpaired) electrons. The second-order valence-corrected chi connectivity index (χ2v) is 8.89. The third-order valence-electron chi connectivity index (χ3n) is 5.25. The van der Waals surface area contributed by atoms with Crippen molar-refractivity contribution in [3.63, 3.8) is 0 Å². The summed E-state index contributed by atoms with van der Waals surface area (Å²) < 4.78 is 46.1. The molecule has 36 heavy (non-hydrogen) atoms. The van der Waals surface area contributed by atoms with Crippen molar-refractivity contribution in [1.82, 2.24) is 24.7 Å². The lowest BCUT2D eigenvalue weighted by Crippen LogP contribution is -2.27. The second-order valence-electron chi connectivity index (χ2n) is 7.77. The van der Waals surface area contributed by atoms with E-state index in [0.29, 0.717) is 9.71 Å². The fourth-order valence-corrected chi connectivity index (χ4v) is 4.50. The molecule has 0 N–H and O–H groups in total. The Labute approximate surface area is 205 Å². The number of benzene rings is 2. The standard InChI is InChI=1S/C24H16F3N5O3S/c25-24(26,27)15-6-7-18-16(10-15)30-19(36-18)12-32-23(34)22-21(28-8-9-29-22)17(31-32)11-20(33)35-13-14-4-2-1-3-5-14/h1-10H,11-13H2. The van der Waals surface area contributed by atoms with Crippen molar-refractivity contribution in [3.8, 4) is 0 Å². The third kappa shape index (κ3) is 4.93. The van der Waals surface area contributed by atoms with Gasteiger partial charge >= 0.3 is 12.1 Å². The van der Waals surface area contributed by atoms with Gasteiger partial charge in [0.15, 0.2) is 5.52 Å². The summed E-state index contributed by atoms with van der Waals surface area (Å²) in [7, 11) is 0. The normalized spacial score (nSPS) is 11.8. The van der Waals surface area contributed by atoms with Crippen molar-refractivity contribution in [2.24, 2.45) is 0 Å². The minimum atomic E-state index is -4.49. The van der Waals surface area contributed by atoms with Gasteiger partial charge < -0.3 is 4.74 Å². The van der Waals surface area contributed by atoms with Gasteiger partial charge in [-0.25, -0.2) is 14.6 Å². The number of fused-ring (bicyclic) bond motifs is 2. The molecule has 0 bridgehead atoms. The summed E-state index contributed by atoms with van der Waals surface area (Å²) >= 11 is 1.15. The molecule has 182 valence electrons. The average molecular weight is 511 g/mol. The lowest BCUT2D eigenvalue weighted by Gasteiger charge is -2.09. The van der Waals surface area contributed by atoms with E-state index in [0.717, 1.165) is 33.7 Å². The monoisotopic (exact) mass is 511 g/mol. The molecule has 0 aliphatic carbocycles. The van der Waals surface area contributed by atoms with E-state index in [-0.39, 0.29) is 41.8 Å². The minimum absolute atomic E-state index is 0.0128. The van der Waals surface area contributed by atoms with Gasteiger partial charge in [-0.3, -0.25) is 14.6 Å². The Morgan fingerprint density at radius 1 is 1.03 bits per heavy atom. The number of rotatable bonds is 6. The van der Waals surface area contributed by atoms with Crippen LogP contribution in [0.3, 0.4) is 0 Å². The highest BCUT2D eigenvalue weighted by Gasteiger charge is 2.30. The first-order chi connectivity index (χ1) is 17.3. The van der Waals surface area contributed by atoms with Crippen LogP contribution in [0.1, 0.15) is 21.8 Å². The summed E-state index contributed by atoms with van der Waals surface area (Å²) in [4.78, 5) is 38.0. The zero-order chi connectivity index (χ0) is 25.3. The van der Waals surface area contributed by atoms with Gasteiger partial charge in [0.1, 0.15) is 22.8 Å². The summed E-state index contributed by atoms with van der Waals surface area (Å²) in [5.41, 5.74) is -0.000125. The van der Waals surface area contributed by atoms with Crippen LogP contribution in [-0.4, -0.2) is 30.7 Å². The van der Waals surface area contributed by atoms with Crippen molar-refractivity contribution in [2.75, 3.05) is 0 Å². The number of carbonyl (C=O) groups excluding carboxylic acids is 1. The summed E-state index contributed by atoms with van der Waals surface area (Å²) in [5.74, 6) is -0.567. The highest BCUT2D eigenvalue weighted by molar-refractivity contribution is 7.18. The van der Waals surface area contributed by atoms with Crippen LogP contribution in [-0.2, 0) is 35.3 Å². The maximum atomic E-state index is 13.0. The van der Waals surface area contributed by atoms with Crippen molar-refractivity contribution < 1.29 is 22.7 Å². The maximum absolute atomic E-state index is 13.0. The van der Waals surface area contributed by atoms with E-state index in [9.17, 15) is 22.8 Å². The summed E-state index contributed by atoms with van der Waals surface area (Å²) in [6.07, 6.45) is -2.01. The highest BCUT2D eigenvalue weighted by atomic mass is 32.1. The number of ether oxygens (including phenoxy) is 1. The van der Waals surface area contributed by atoms with Crippen LogP contribution in [0.15, 0.2) is 65.7 Å². The number of carbonyl (C=O) groups is 1. The SMILES string of the molecule is O=C(Cc1nn(Cc2nc3cc(C(F)(F)F)ccc3s2)c(=O)c2nccnc12)OCc1ccccc1. The number of esters is 1. The molecule has 5 rings (SSSR count). The number of nitrogens with zero attached hydrogens (tertiary/aromatic N) is 5. The van der Waals surface area contributed by atoms with Crippen LogP contribution in [0.2, 0.25) is 0 Å². The highest BCUT2D eigenvalue weighted by Crippen LogP contribution is 2.33. The summed E-state index contributed by atoms with van der Waals surface area (Å²) in [6, 6.07) is 12.4. The predicted octanol–water partition coefficient (Wildman–Crippen LogP) is 4.15. The van der Waals surface area contributed by atoms with E-state index in [1.165, 1.54) is 18.5 Å². The third-order valence-corrected chi connectivity index (χ3v) is 6.27. The molecular formula is C24H16F3N5O3S. The lowest BCUT2D eigenvalue weighted by atomic mass is 10.2. The van der Waals surface area contributed by atoms with Crippen LogP contribution in [0, 0.1) is 0 Å². The van der Waals surface area contributed by atoms with Gasteiger partial charge in [-0.1, -0.05) is 30.3 Å². The first-order valence-electron chi connectivity index (χ1n) is 10.6. The summed E-state index contributed by atoms with van der Waals surface area (Å²) in [5, 5.41) is 4.68. The first-order valence-corrected chi connectivity index (χ1v) is 11.5. The van der Waals surface area contributed by atoms with Crippen LogP contribution in [0.25, 0.3) is 21.3 Å². The largest absolute Gasteiger partial charge is 0.461 e. The molecule has 0 spiro atoms. The van der Waals surface area contributed by atoms with Gasteiger partial charge in [-0.05, 0) is 23.8 Å². The zero-order valence-electron chi connectivity index (χ0n) is 18.4. The lowest BCUT2D eigenvalue weighted by molar-refractivity contribution is -0.144. The molecule has 0 amide bonds. The van der Waals surface area contributed by atoms with Gasteiger partial charge in [0, 0.05) is 12.4 Å². The number of thiazole rings is 1. The molecule has 5 aromatic rings. The van der Waals surface area contributed by atoms with Gasteiger partial charge in [0.2, 0.25) is 0 Å². The molecule has 0 atom stereocenters. The summed E-state index contributed by atoms with van der Waals surface area (Å²) in [6.45, 7) is -0.0351. The van der Waals surface area contributed by atoms with Gasteiger partial charge in [0.25, 0.3) is 5.56 Å². The molecule has 0 fully saturated rings. The Hall–Kier alpha value is -4.19. The molecule has 8 nitrogen and oxygen atoms in total. The molecule has 0 aliphatic rings. The minimum Gasteiger partial charge on any atom is -0.461 e. The predicted molar refractivity (Wildman–Crippen MR) is 125 cm³/mol. The van der Waals surface area contributed by atoms with Gasteiger partial charge in [0.05, 0.1) is 28.7 Å². The molecular weight excluding hydrogens is 495 g/mol. The van der Waals surface area contributed by atoms with E-state index in [2.05, 4.69) is 20.1 Å².